The molecule has 0 aliphatic carbocycles. The summed E-state index contributed by atoms with van der Waals surface area (Å²) >= 11 is 0. The first-order valence-electron chi connectivity index (χ1n) is 5.64. The summed E-state index contributed by atoms with van der Waals surface area (Å²) in [6.07, 6.45) is 0. The third-order valence-electron chi connectivity index (χ3n) is 3.36. The van der Waals surface area contributed by atoms with Crippen LogP contribution in [0.4, 0.5) is 0 Å². The topological polar surface area (TPSA) is 88.1 Å². The molecule has 1 saturated heterocycles. The highest BCUT2D eigenvalue weighted by molar-refractivity contribution is 6.01. The van der Waals surface area contributed by atoms with Gasteiger partial charge in [-0.2, -0.15) is 0 Å². The minimum absolute atomic E-state index is 0.131. The molecular weight excluding hydrogens is 256 g/mol. The highest BCUT2D eigenvalue weighted by Crippen LogP contribution is 2.50. The SMILES string of the molecule is COC(=O)C1=C(C)O[C@]2(C)OC(=O)[C@@H](C(=O)OC)[C@H]12. The van der Waals surface area contributed by atoms with E-state index >= 15 is 0 Å². The highest BCUT2D eigenvalue weighted by atomic mass is 16.7. The molecule has 7 heteroatoms. The molecule has 0 spiro atoms. The van der Waals surface area contributed by atoms with E-state index in [4.69, 9.17) is 9.47 Å². The summed E-state index contributed by atoms with van der Waals surface area (Å²) in [6, 6.07) is 0. The average Bonchev–Trinajstić information content (AvgIpc) is 2.73. The molecule has 0 unspecified atom stereocenters. The molecular formula is C12H14O7. The van der Waals surface area contributed by atoms with Gasteiger partial charge in [-0.05, 0) is 6.92 Å². The second-order valence-electron chi connectivity index (χ2n) is 4.48. The first-order valence-corrected chi connectivity index (χ1v) is 5.64. The molecule has 2 aliphatic heterocycles. The molecule has 0 saturated carbocycles. The lowest BCUT2D eigenvalue weighted by Crippen LogP contribution is -2.36. The molecule has 0 amide bonds. The van der Waals surface area contributed by atoms with E-state index in [1.165, 1.54) is 14.0 Å². The van der Waals surface area contributed by atoms with Gasteiger partial charge in [-0.3, -0.25) is 9.59 Å². The van der Waals surface area contributed by atoms with Crippen molar-refractivity contribution in [3.63, 3.8) is 0 Å². The van der Waals surface area contributed by atoms with Gasteiger partial charge in [0.05, 0.1) is 25.7 Å². The lowest BCUT2D eigenvalue weighted by molar-refractivity contribution is -0.188. The molecule has 104 valence electrons. The predicted molar refractivity (Wildman–Crippen MR) is 59.3 cm³/mol. The molecule has 0 radical (unpaired) electrons. The lowest BCUT2D eigenvalue weighted by atomic mass is 9.83. The summed E-state index contributed by atoms with van der Waals surface area (Å²) in [4.78, 5) is 35.3. The van der Waals surface area contributed by atoms with Crippen molar-refractivity contribution >= 4 is 17.9 Å². The quantitative estimate of drug-likeness (QED) is 0.400. The minimum atomic E-state index is -1.37. The van der Waals surface area contributed by atoms with E-state index in [2.05, 4.69) is 9.47 Å². The zero-order chi connectivity index (χ0) is 14.4. The van der Waals surface area contributed by atoms with Gasteiger partial charge in [0, 0.05) is 6.92 Å². The van der Waals surface area contributed by atoms with Crippen molar-refractivity contribution in [3.05, 3.63) is 11.3 Å². The lowest BCUT2D eigenvalue weighted by Gasteiger charge is -2.23. The number of allylic oxidation sites excluding steroid dienone is 1. The van der Waals surface area contributed by atoms with Crippen LogP contribution in [0.3, 0.4) is 0 Å². The summed E-state index contributed by atoms with van der Waals surface area (Å²) in [6.45, 7) is 3.05. The molecule has 0 bridgehead atoms. The van der Waals surface area contributed by atoms with Crippen molar-refractivity contribution in [2.45, 2.75) is 19.6 Å². The molecule has 0 aromatic rings. The number of hydrogen-bond acceptors (Lipinski definition) is 7. The number of carbonyl (C=O) groups excluding carboxylic acids is 3. The zero-order valence-electron chi connectivity index (χ0n) is 11.0. The third kappa shape index (κ3) is 1.76. The van der Waals surface area contributed by atoms with Crippen LogP contribution in [-0.4, -0.2) is 37.9 Å². The Morgan fingerprint density at radius 3 is 2.37 bits per heavy atom. The number of fused-ring (bicyclic) bond motifs is 1. The van der Waals surface area contributed by atoms with Gasteiger partial charge in [0.25, 0.3) is 5.79 Å². The van der Waals surface area contributed by atoms with E-state index in [9.17, 15) is 14.4 Å². The fourth-order valence-corrected chi connectivity index (χ4v) is 2.60. The summed E-state index contributed by atoms with van der Waals surface area (Å²) in [7, 11) is 2.37. The maximum atomic E-state index is 11.8. The van der Waals surface area contributed by atoms with Crippen molar-refractivity contribution in [1.29, 1.82) is 0 Å². The van der Waals surface area contributed by atoms with Crippen LogP contribution >= 0.6 is 0 Å². The molecule has 2 heterocycles. The fourth-order valence-electron chi connectivity index (χ4n) is 2.60. The number of methoxy groups -OCH3 is 2. The Kier molecular flexibility index (Phi) is 3.00. The molecule has 7 nitrogen and oxygen atoms in total. The van der Waals surface area contributed by atoms with Crippen LogP contribution < -0.4 is 0 Å². The standard InChI is InChI=1S/C12H14O7/c1-5-6(9(13)16-3)8-7(10(14)17-4)11(15)19-12(8,2)18-5/h7-8H,1-4H3/t7-,8+,12-/m1/s1. The molecule has 0 N–H and O–H groups in total. The minimum Gasteiger partial charge on any atom is -0.468 e. The third-order valence-corrected chi connectivity index (χ3v) is 3.36. The van der Waals surface area contributed by atoms with E-state index in [0.29, 0.717) is 0 Å². The Morgan fingerprint density at radius 1 is 1.21 bits per heavy atom. The van der Waals surface area contributed by atoms with Crippen LogP contribution in [0.15, 0.2) is 11.3 Å². The van der Waals surface area contributed by atoms with Crippen LogP contribution in [0.1, 0.15) is 13.8 Å². The van der Waals surface area contributed by atoms with Gasteiger partial charge in [0.15, 0.2) is 5.92 Å². The Morgan fingerprint density at radius 2 is 1.84 bits per heavy atom. The summed E-state index contributed by atoms with van der Waals surface area (Å²) in [5, 5.41) is 0. The number of carbonyl (C=O) groups is 3. The van der Waals surface area contributed by atoms with E-state index in [0.717, 1.165) is 7.11 Å². The fraction of sp³-hybridized carbons (Fsp3) is 0.583. The van der Waals surface area contributed by atoms with Gasteiger partial charge in [-0.15, -0.1) is 0 Å². The highest BCUT2D eigenvalue weighted by Gasteiger charge is 2.65. The summed E-state index contributed by atoms with van der Waals surface area (Å²) in [5.74, 6) is -5.36. The normalized spacial score (nSPS) is 32.5. The second-order valence-corrected chi connectivity index (χ2v) is 4.48. The Bertz CT molecular complexity index is 492. The van der Waals surface area contributed by atoms with Gasteiger partial charge < -0.3 is 18.9 Å². The van der Waals surface area contributed by atoms with Crippen molar-refractivity contribution < 1.29 is 33.3 Å². The zero-order valence-corrected chi connectivity index (χ0v) is 11.0. The van der Waals surface area contributed by atoms with Gasteiger partial charge in [0.1, 0.15) is 5.76 Å². The molecule has 1 fully saturated rings. The maximum Gasteiger partial charge on any atom is 0.337 e. The first kappa shape index (κ1) is 13.4. The van der Waals surface area contributed by atoms with Crippen molar-refractivity contribution in [3.8, 4) is 0 Å². The van der Waals surface area contributed by atoms with Gasteiger partial charge in [-0.1, -0.05) is 0 Å². The molecule has 2 rings (SSSR count). The Hall–Kier alpha value is -2.05. The summed E-state index contributed by atoms with van der Waals surface area (Å²) < 4.78 is 19.8. The van der Waals surface area contributed by atoms with E-state index < -0.39 is 35.5 Å². The molecule has 3 atom stereocenters. The van der Waals surface area contributed by atoms with Crippen LogP contribution in [0.25, 0.3) is 0 Å². The number of hydrogen-bond donors (Lipinski definition) is 0. The average molecular weight is 270 g/mol. The van der Waals surface area contributed by atoms with Gasteiger partial charge >= 0.3 is 17.9 Å². The van der Waals surface area contributed by atoms with Crippen molar-refractivity contribution in [2.24, 2.45) is 11.8 Å². The molecule has 0 aromatic heterocycles. The van der Waals surface area contributed by atoms with Gasteiger partial charge in [0.2, 0.25) is 0 Å². The second kappa shape index (κ2) is 4.25. The predicted octanol–water partition coefficient (Wildman–Crippen LogP) is 0.142. The first-order chi connectivity index (χ1) is 8.85. The van der Waals surface area contributed by atoms with E-state index in [-0.39, 0.29) is 11.3 Å². The van der Waals surface area contributed by atoms with Crippen molar-refractivity contribution in [1.82, 2.24) is 0 Å². The Balaban J connectivity index is 2.48. The van der Waals surface area contributed by atoms with Crippen LogP contribution in [0, 0.1) is 11.8 Å². The largest absolute Gasteiger partial charge is 0.468 e. The number of ether oxygens (including phenoxy) is 4. The molecule has 2 aliphatic rings. The van der Waals surface area contributed by atoms with E-state index in [1.54, 1.807) is 6.92 Å². The number of esters is 3. The molecule has 19 heavy (non-hydrogen) atoms. The maximum absolute atomic E-state index is 11.8. The molecule has 0 aromatic carbocycles. The van der Waals surface area contributed by atoms with Gasteiger partial charge in [-0.25, -0.2) is 4.79 Å². The van der Waals surface area contributed by atoms with Crippen molar-refractivity contribution in [2.75, 3.05) is 14.2 Å². The van der Waals surface area contributed by atoms with Crippen LogP contribution in [0.5, 0.6) is 0 Å². The Labute approximate surface area is 109 Å². The van der Waals surface area contributed by atoms with Crippen LogP contribution in [0.2, 0.25) is 0 Å². The van der Waals surface area contributed by atoms with Crippen LogP contribution in [-0.2, 0) is 33.3 Å². The van der Waals surface area contributed by atoms with E-state index in [1.807, 2.05) is 0 Å². The summed E-state index contributed by atoms with van der Waals surface area (Å²) in [5.41, 5.74) is 0.131. The monoisotopic (exact) mass is 270 g/mol. The number of rotatable bonds is 2. The smallest absolute Gasteiger partial charge is 0.337 e.